The van der Waals surface area contributed by atoms with Crippen molar-refractivity contribution in [2.24, 2.45) is 0 Å². The van der Waals surface area contributed by atoms with Crippen molar-refractivity contribution in [1.82, 2.24) is 22.2 Å². The average molecular weight is 747 g/mol. The molecule has 1 aromatic carbocycles. The van der Waals surface area contributed by atoms with Crippen LogP contribution < -0.4 is 37.6 Å². The molecule has 0 unspecified atom stereocenters. The van der Waals surface area contributed by atoms with Gasteiger partial charge in [0.15, 0.2) is 0 Å². The van der Waals surface area contributed by atoms with Crippen molar-refractivity contribution in [3.05, 3.63) is 64.4 Å². The summed E-state index contributed by atoms with van der Waals surface area (Å²) in [5.41, 5.74) is 1.61. The average Bonchev–Trinajstić information content (AvgIpc) is 3.14. The fraction of sp³-hybridized carbons (Fsp3) is 0.400. The molecule has 1 saturated heterocycles. The summed E-state index contributed by atoms with van der Waals surface area (Å²) in [6, 6.07) is 11.2. The van der Waals surface area contributed by atoms with Crippen LogP contribution in [-0.4, -0.2) is 53.3 Å². The van der Waals surface area contributed by atoms with Crippen molar-refractivity contribution in [3.63, 3.8) is 0 Å². The van der Waals surface area contributed by atoms with E-state index in [2.05, 4.69) is 31.9 Å². The first kappa shape index (κ1) is 25.2. The van der Waals surface area contributed by atoms with E-state index in [1.807, 2.05) is 30.1 Å². The fourth-order valence-electron chi connectivity index (χ4n) is 3.58. The molecule has 1 aliphatic rings. The summed E-state index contributed by atoms with van der Waals surface area (Å²) in [5, 5.41) is 0. The summed E-state index contributed by atoms with van der Waals surface area (Å²) in [7, 11) is 0. The molecule has 3 heterocycles. The van der Waals surface area contributed by atoms with Crippen molar-refractivity contribution in [2.75, 3.05) is 36.0 Å². The summed E-state index contributed by atoms with van der Waals surface area (Å²) < 4.78 is 2.95. The van der Waals surface area contributed by atoms with Crippen LogP contribution in [0.25, 0.3) is 11.2 Å². The van der Waals surface area contributed by atoms with Gasteiger partial charge in [-0.05, 0) is 0 Å². The largest absolute Gasteiger partial charge is 2.00 e. The molecule has 1 aliphatic heterocycles. The molecular weight excluding hydrogens is 721 g/mol. The summed E-state index contributed by atoms with van der Waals surface area (Å²) >= 11 is -0.551. The Morgan fingerprint density at radius 1 is 1.23 bits per heavy atom. The normalized spacial score (nSPS) is 14.5. The molecule has 0 saturated carbocycles. The number of alkyl halides is 1. The molecule has 2 aromatic heterocycles. The van der Waals surface area contributed by atoms with Gasteiger partial charge in [0.1, 0.15) is 0 Å². The maximum absolute atomic E-state index is 12.6. The number of benzene rings is 1. The Labute approximate surface area is 210 Å². The van der Waals surface area contributed by atoms with Gasteiger partial charge < -0.3 is 7.43 Å². The second-order valence-corrected chi connectivity index (χ2v) is 8.62. The van der Waals surface area contributed by atoms with Gasteiger partial charge in [-0.25, -0.2) is 0 Å². The predicted octanol–water partition coefficient (Wildman–Crippen LogP) is -2.04. The SMILES string of the molecule is CCn1c(=O)c2[nH]c(CN3CCN(c4c[c-]ccc4)CC3)nc2n([I-]C)c1=O.[CH3-].[U+2]. The number of halogens is 1. The number of piperazine rings is 1. The summed E-state index contributed by atoms with van der Waals surface area (Å²) in [6.45, 7) is 6.53. The number of nitrogens with zero attached hydrogens (tertiary/aromatic N) is 5. The molecule has 0 aliphatic carbocycles. The second kappa shape index (κ2) is 11.0. The van der Waals surface area contributed by atoms with Crippen LogP contribution in [0.2, 0.25) is 0 Å². The molecular formula is C20H26IN6O2U-. The minimum atomic E-state index is -0.551. The molecule has 10 heteroatoms. The van der Waals surface area contributed by atoms with Gasteiger partial charge in [0.25, 0.3) is 0 Å². The smallest absolute Gasteiger partial charge is 0.358 e. The van der Waals surface area contributed by atoms with Crippen LogP contribution >= 0.6 is 0 Å². The van der Waals surface area contributed by atoms with Gasteiger partial charge in [-0.15, -0.1) is 0 Å². The van der Waals surface area contributed by atoms with Crippen molar-refractivity contribution >= 4 is 16.9 Å². The number of rotatable bonds is 5. The van der Waals surface area contributed by atoms with Crippen molar-refractivity contribution < 1.29 is 52.6 Å². The Bertz CT molecular complexity index is 1090. The number of anilines is 1. The molecule has 1 fully saturated rings. The van der Waals surface area contributed by atoms with Gasteiger partial charge in [-0.1, -0.05) is 0 Å². The number of H-pyrrole nitrogens is 1. The van der Waals surface area contributed by atoms with Gasteiger partial charge in [0.2, 0.25) is 0 Å². The van der Waals surface area contributed by atoms with Crippen molar-refractivity contribution in [2.45, 2.75) is 20.0 Å². The number of aromatic amines is 1. The molecule has 8 nitrogen and oxygen atoms in total. The van der Waals surface area contributed by atoms with Crippen LogP contribution in [0, 0.1) is 44.6 Å². The first-order chi connectivity index (χ1) is 13.6. The van der Waals surface area contributed by atoms with E-state index < -0.39 is 21.5 Å². The Balaban J connectivity index is 0.00000160. The van der Waals surface area contributed by atoms with E-state index >= 15 is 0 Å². The third kappa shape index (κ3) is 4.87. The van der Waals surface area contributed by atoms with Crippen LogP contribution in [0.15, 0.2) is 33.9 Å². The van der Waals surface area contributed by atoms with Crippen LogP contribution in [0.1, 0.15) is 12.7 Å². The number of aromatic nitrogens is 4. The molecule has 0 bridgehead atoms. The summed E-state index contributed by atoms with van der Waals surface area (Å²) in [6.07, 6.45) is 0. The molecule has 160 valence electrons. The van der Waals surface area contributed by atoms with Crippen LogP contribution in [0.3, 0.4) is 0 Å². The van der Waals surface area contributed by atoms with E-state index in [0.717, 1.165) is 32.0 Å². The zero-order valence-electron chi connectivity index (χ0n) is 17.5. The van der Waals surface area contributed by atoms with Crippen molar-refractivity contribution in [3.8, 4) is 0 Å². The molecule has 0 amide bonds. The minimum Gasteiger partial charge on any atom is -0.358 e. The molecule has 0 spiro atoms. The first-order valence-corrected chi connectivity index (χ1v) is 12.4. The number of nitrogens with one attached hydrogen (secondary N) is 1. The second-order valence-electron chi connectivity index (χ2n) is 6.69. The van der Waals surface area contributed by atoms with Crippen LogP contribution in [-0.2, 0) is 13.1 Å². The number of fused-ring (bicyclic) bond motifs is 1. The molecule has 0 radical (unpaired) electrons. The molecule has 0 atom stereocenters. The van der Waals surface area contributed by atoms with E-state index in [9.17, 15) is 9.59 Å². The van der Waals surface area contributed by atoms with Crippen LogP contribution in [0.5, 0.6) is 0 Å². The number of imidazole rings is 1. The van der Waals surface area contributed by atoms with Crippen molar-refractivity contribution in [1.29, 1.82) is 0 Å². The van der Waals surface area contributed by atoms with E-state index in [4.69, 9.17) is 0 Å². The summed E-state index contributed by atoms with van der Waals surface area (Å²) in [5.74, 6) is 0.744. The summed E-state index contributed by atoms with van der Waals surface area (Å²) in [4.78, 5) is 39.6. The third-order valence-electron chi connectivity index (χ3n) is 5.06. The van der Waals surface area contributed by atoms with Gasteiger partial charge in [0.05, 0.1) is 0 Å². The third-order valence-corrected chi connectivity index (χ3v) is 6.90. The monoisotopic (exact) mass is 747 g/mol. The maximum Gasteiger partial charge on any atom is 2.00 e. The molecule has 30 heavy (non-hydrogen) atoms. The Kier molecular flexibility index (Phi) is 9.21. The predicted molar refractivity (Wildman–Crippen MR) is 111 cm³/mol. The zero-order valence-corrected chi connectivity index (χ0v) is 23.8. The quantitative estimate of drug-likeness (QED) is 0.185. The fourth-order valence-corrected chi connectivity index (χ4v) is 5.06. The zero-order chi connectivity index (χ0) is 19.7. The Morgan fingerprint density at radius 3 is 2.57 bits per heavy atom. The Hall–Kier alpha value is -1.09. The van der Waals surface area contributed by atoms with E-state index in [-0.39, 0.29) is 49.8 Å². The topological polar surface area (TPSA) is 79.2 Å². The minimum absolute atomic E-state index is 0. The van der Waals surface area contributed by atoms with Gasteiger partial charge in [-0.2, -0.15) is 6.07 Å². The van der Waals surface area contributed by atoms with Gasteiger partial charge in [0, 0.05) is 0 Å². The van der Waals surface area contributed by atoms with Crippen LogP contribution in [0.4, 0.5) is 5.69 Å². The number of hydrogen-bond acceptors (Lipinski definition) is 5. The van der Waals surface area contributed by atoms with E-state index in [0.29, 0.717) is 24.3 Å². The standard InChI is InChI=1S/C19H23IN6O2.CH3.U/c1-3-25-18(27)16-17(26(20-2)19(25)28)22-15(21-16)13-23-9-11-24(12-10-23)14-7-5-4-6-8-14;;/h4-5,7-8H,3,9-13H2,1-2H3,(H,21,22);1H3;/q-2;-1;+2. The van der Waals surface area contributed by atoms with E-state index in [1.54, 1.807) is 2.78 Å². The Morgan fingerprint density at radius 2 is 1.97 bits per heavy atom. The van der Waals surface area contributed by atoms with E-state index in [1.165, 1.54) is 10.3 Å². The molecule has 3 aromatic rings. The number of hydrogen-bond donors (Lipinski definition) is 1. The first-order valence-electron chi connectivity index (χ1n) is 9.30. The van der Waals surface area contributed by atoms with Gasteiger partial charge in [-0.3, -0.25) is 0 Å². The molecule has 1 N–H and O–H groups in total. The molecule has 4 rings (SSSR count). The van der Waals surface area contributed by atoms with Gasteiger partial charge >= 0.3 is 199 Å². The maximum atomic E-state index is 12.6.